The minimum absolute atomic E-state index is 0.00725. The highest BCUT2D eigenvalue weighted by Crippen LogP contribution is 2.30. The van der Waals surface area contributed by atoms with Gasteiger partial charge in [-0.05, 0) is 43.5 Å². The predicted molar refractivity (Wildman–Crippen MR) is 80.9 cm³/mol. The maximum atomic E-state index is 12.4. The number of esters is 1. The molecule has 0 heterocycles. The van der Waals surface area contributed by atoms with E-state index in [-0.39, 0.29) is 17.7 Å². The first-order valence-electron chi connectivity index (χ1n) is 7.35. The summed E-state index contributed by atoms with van der Waals surface area (Å²) in [5, 5.41) is 2.89. The highest BCUT2D eigenvalue weighted by atomic mass is 16.5. The maximum Gasteiger partial charge on any atom is 0.337 e. The number of nitrogens with two attached hydrogens (primary N) is 1. The Morgan fingerprint density at radius 2 is 2.10 bits per heavy atom. The SMILES string of the molecule is COC(=O)c1cccc(NC(=O)C2CCCCC2CN)c1. The van der Waals surface area contributed by atoms with E-state index in [1.807, 2.05) is 0 Å². The molecule has 5 heteroatoms. The van der Waals surface area contributed by atoms with Crippen molar-refractivity contribution in [2.24, 2.45) is 17.6 Å². The summed E-state index contributed by atoms with van der Waals surface area (Å²) in [6.07, 6.45) is 4.10. The van der Waals surface area contributed by atoms with Gasteiger partial charge in [-0.3, -0.25) is 4.79 Å². The largest absolute Gasteiger partial charge is 0.465 e. The van der Waals surface area contributed by atoms with Gasteiger partial charge in [-0.2, -0.15) is 0 Å². The summed E-state index contributed by atoms with van der Waals surface area (Å²) in [5.74, 6) is -0.205. The van der Waals surface area contributed by atoms with Gasteiger partial charge in [-0.15, -0.1) is 0 Å². The van der Waals surface area contributed by atoms with E-state index in [1.165, 1.54) is 7.11 Å². The van der Waals surface area contributed by atoms with Crippen molar-refractivity contribution in [2.45, 2.75) is 25.7 Å². The van der Waals surface area contributed by atoms with E-state index in [9.17, 15) is 9.59 Å². The standard InChI is InChI=1S/C16H22N2O3/c1-21-16(20)11-6-4-7-13(9-11)18-15(19)14-8-3-2-5-12(14)10-17/h4,6-7,9,12,14H,2-3,5,8,10,17H2,1H3,(H,18,19). The zero-order valence-corrected chi connectivity index (χ0v) is 12.3. The first-order chi connectivity index (χ1) is 10.2. The van der Waals surface area contributed by atoms with Crippen LogP contribution in [-0.2, 0) is 9.53 Å². The van der Waals surface area contributed by atoms with Gasteiger partial charge in [0.25, 0.3) is 0 Å². The molecule has 21 heavy (non-hydrogen) atoms. The summed E-state index contributed by atoms with van der Waals surface area (Å²) in [6, 6.07) is 6.78. The summed E-state index contributed by atoms with van der Waals surface area (Å²) in [7, 11) is 1.33. The number of methoxy groups -OCH3 is 1. The van der Waals surface area contributed by atoms with Crippen LogP contribution >= 0.6 is 0 Å². The van der Waals surface area contributed by atoms with Gasteiger partial charge < -0.3 is 15.8 Å². The quantitative estimate of drug-likeness (QED) is 0.833. The van der Waals surface area contributed by atoms with Gasteiger partial charge in [0.05, 0.1) is 12.7 Å². The third kappa shape index (κ3) is 3.82. The Bertz CT molecular complexity index is 516. The van der Waals surface area contributed by atoms with Crippen molar-refractivity contribution < 1.29 is 14.3 Å². The normalized spacial score (nSPS) is 21.6. The number of amides is 1. The molecule has 0 aliphatic heterocycles. The average molecular weight is 290 g/mol. The minimum Gasteiger partial charge on any atom is -0.465 e. The fourth-order valence-electron chi connectivity index (χ4n) is 2.91. The molecule has 3 N–H and O–H groups in total. The lowest BCUT2D eigenvalue weighted by molar-refractivity contribution is -0.122. The molecule has 0 saturated heterocycles. The van der Waals surface area contributed by atoms with Gasteiger partial charge in [-0.1, -0.05) is 18.9 Å². The highest BCUT2D eigenvalue weighted by Gasteiger charge is 2.29. The van der Waals surface area contributed by atoms with Crippen molar-refractivity contribution in [3.05, 3.63) is 29.8 Å². The lowest BCUT2D eigenvalue weighted by Gasteiger charge is -2.29. The smallest absolute Gasteiger partial charge is 0.337 e. The number of hydrogen-bond donors (Lipinski definition) is 2. The van der Waals surface area contributed by atoms with Crippen molar-refractivity contribution >= 4 is 17.6 Å². The van der Waals surface area contributed by atoms with Crippen LogP contribution in [0.2, 0.25) is 0 Å². The second-order valence-electron chi connectivity index (χ2n) is 5.45. The van der Waals surface area contributed by atoms with E-state index in [4.69, 9.17) is 5.73 Å². The molecule has 1 aliphatic rings. The van der Waals surface area contributed by atoms with E-state index in [0.29, 0.717) is 17.8 Å². The second kappa shape index (κ2) is 7.22. The molecule has 1 amide bonds. The third-order valence-electron chi connectivity index (χ3n) is 4.10. The highest BCUT2D eigenvalue weighted by molar-refractivity contribution is 5.95. The number of benzene rings is 1. The molecule has 1 aromatic carbocycles. The number of carbonyl (C=O) groups excluding carboxylic acids is 2. The Kier molecular flexibility index (Phi) is 5.33. The molecular weight excluding hydrogens is 268 g/mol. The third-order valence-corrected chi connectivity index (χ3v) is 4.10. The van der Waals surface area contributed by atoms with Gasteiger partial charge in [0, 0.05) is 11.6 Å². The van der Waals surface area contributed by atoms with Crippen molar-refractivity contribution in [1.29, 1.82) is 0 Å². The molecular formula is C16H22N2O3. The second-order valence-corrected chi connectivity index (χ2v) is 5.45. The maximum absolute atomic E-state index is 12.4. The van der Waals surface area contributed by atoms with Crippen molar-refractivity contribution in [3.8, 4) is 0 Å². The molecule has 2 atom stereocenters. The van der Waals surface area contributed by atoms with Crippen LogP contribution < -0.4 is 11.1 Å². The van der Waals surface area contributed by atoms with Gasteiger partial charge in [0.1, 0.15) is 0 Å². The van der Waals surface area contributed by atoms with Crippen molar-refractivity contribution in [2.75, 3.05) is 19.0 Å². The number of carbonyl (C=O) groups is 2. The van der Waals surface area contributed by atoms with Crippen LogP contribution in [0.3, 0.4) is 0 Å². The van der Waals surface area contributed by atoms with Gasteiger partial charge in [0.2, 0.25) is 5.91 Å². The van der Waals surface area contributed by atoms with Gasteiger partial charge in [0.15, 0.2) is 0 Å². The molecule has 0 bridgehead atoms. The van der Waals surface area contributed by atoms with Crippen LogP contribution in [0.15, 0.2) is 24.3 Å². The predicted octanol–water partition coefficient (Wildman–Crippen LogP) is 2.18. The molecule has 1 aliphatic carbocycles. The Morgan fingerprint density at radius 1 is 1.33 bits per heavy atom. The molecule has 0 spiro atoms. The van der Waals surface area contributed by atoms with Crippen molar-refractivity contribution in [1.82, 2.24) is 0 Å². The fourth-order valence-corrected chi connectivity index (χ4v) is 2.91. The number of anilines is 1. The molecule has 2 rings (SSSR count). The Morgan fingerprint density at radius 3 is 2.81 bits per heavy atom. The zero-order valence-electron chi connectivity index (χ0n) is 12.3. The number of ether oxygens (including phenoxy) is 1. The fraction of sp³-hybridized carbons (Fsp3) is 0.500. The first-order valence-corrected chi connectivity index (χ1v) is 7.35. The molecule has 1 fully saturated rings. The number of hydrogen-bond acceptors (Lipinski definition) is 4. The lowest BCUT2D eigenvalue weighted by atomic mass is 9.78. The van der Waals surface area contributed by atoms with Crippen LogP contribution in [-0.4, -0.2) is 25.5 Å². The summed E-state index contributed by atoms with van der Waals surface area (Å²) < 4.78 is 4.68. The van der Waals surface area contributed by atoms with Gasteiger partial charge >= 0.3 is 5.97 Å². The van der Waals surface area contributed by atoms with Crippen LogP contribution in [0.5, 0.6) is 0 Å². The minimum atomic E-state index is -0.413. The van der Waals surface area contributed by atoms with E-state index in [2.05, 4.69) is 10.1 Å². The Balaban J connectivity index is 2.06. The van der Waals surface area contributed by atoms with Crippen molar-refractivity contribution in [3.63, 3.8) is 0 Å². The summed E-state index contributed by atoms with van der Waals surface area (Å²) in [5.41, 5.74) is 6.81. The molecule has 2 unspecified atom stereocenters. The van der Waals surface area contributed by atoms with Crippen LogP contribution in [0, 0.1) is 11.8 Å². The summed E-state index contributed by atoms with van der Waals surface area (Å²) in [4.78, 5) is 23.9. The summed E-state index contributed by atoms with van der Waals surface area (Å²) in [6.45, 7) is 0.542. The monoisotopic (exact) mass is 290 g/mol. The average Bonchev–Trinajstić information content (AvgIpc) is 2.54. The Hall–Kier alpha value is -1.88. The first kappa shape index (κ1) is 15.5. The Labute approximate surface area is 124 Å². The summed E-state index contributed by atoms with van der Waals surface area (Å²) >= 11 is 0. The molecule has 0 aromatic heterocycles. The lowest BCUT2D eigenvalue weighted by Crippen LogP contribution is -2.35. The number of nitrogens with one attached hydrogen (secondary N) is 1. The number of rotatable bonds is 4. The van der Waals surface area contributed by atoms with Crippen LogP contribution in [0.25, 0.3) is 0 Å². The van der Waals surface area contributed by atoms with Crippen LogP contribution in [0.1, 0.15) is 36.0 Å². The van der Waals surface area contributed by atoms with E-state index in [0.717, 1.165) is 25.7 Å². The molecule has 1 aromatic rings. The molecule has 0 radical (unpaired) electrons. The van der Waals surface area contributed by atoms with E-state index in [1.54, 1.807) is 24.3 Å². The van der Waals surface area contributed by atoms with Gasteiger partial charge in [-0.25, -0.2) is 4.79 Å². The van der Waals surface area contributed by atoms with E-state index < -0.39 is 5.97 Å². The zero-order chi connectivity index (χ0) is 15.2. The molecule has 114 valence electrons. The molecule has 5 nitrogen and oxygen atoms in total. The van der Waals surface area contributed by atoms with Crippen LogP contribution in [0.4, 0.5) is 5.69 Å². The van der Waals surface area contributed by atoms with E-state index >= 15 is 0 Å². The topological polar surface area (TPSA) is 81.4 Å². The molecule has 1 saturated carbocycles.